The van der Waals surface area contributed by atoms with Crippen LogP contribution >= 0.6 is 46.2 Å². The number of carboxylic acid groups (broad SMARTS) is 1. The molecule has 0 aliphatic carbocycles. The van der Waals surface area contributed by atoms with Gasteiger partial charge in [0.05, 0.1) is 10.2 Å². The lowest BCUT2D eigenvalue weighted by atomic mass is 10.0. The van der Waals surface area contributed by atoms with Crippen LogP contribution in [-0.4, -0.2) is 79.0 Å². The molecule has 4 heterocycles. The number of hydrogen-bond donors (Lipinski definition) is 3. The zero-order valence-corrected chi connectivity index (χ0v) is 21.3. The number of nitrogen functional groups attached to an aromatic ring is 1. The number of β-lactam (4-membered cyclic amide) rings is 1. The Labute approximate surface area is 215 Å². The lowest BCUT2D eigenvalue weighted by Gasteiger charge is -2.53. The molecule has 2 aromatic heterocycles. The molecule has 0 saturated carbocycles. The van der Waals surface area contributed by atoms with Crippen molar-refractivity contribution in [3.63, 3.8) is 0 Å². The third kappa shape index (κ3) is 4.32. The normalized spacial score (nSPS) is 24.1. The van der Waals surface area contributed by atoms with Gasteiger partial charge in [-0.2, -0.15) is 0 Å². The van der Waals surface area contributed by atoms with E-state index < -0.39 is 22.7 Å². The number of aliphatic carboxylic acids is 1. The Morgan fingerprint density at radius 1 is 1.37 bits per heavy atom. The summed E-state index contributed by atoms with van der Waals surface area (Å²) in [7, 11) is 1.30. The average Bonchev–Trinajstić information content (AvgIpc) is 3.45. The summed E-state index contributed by atoms with van der Waals surface area (Å²) in [5, 5.41) is 18.0. The van der Waals surface area contributed by atoms with Gasteiger partial charge >= 0.3 is 5.97 Å². The molecule has 11 nitrogen and oxygen atoms in total. The Hall–Kier alpha value is -2.88. The number of benzene rings is 1. The van der Waals surface area contributed by atoms with Gasteiger partial charge in [-0.1, -0.05) is 29.1 Å². The highest BCUT2D eigenvalue weighted by Gasteiger charge is 2.58. The van der Waals surface area contributed by atoms with Crippen LogP contribution in [0.5, 0.6) is 0 Å². The van der Waals surface area contributed by atoms with Crippen molar-refractivity contribution in [2.75, 3.05) is 25.1 Å². The molecule has 3 aromatic rings. The number of carbonyl (C=O) groups is 3. The maximum Gasteiger partial charge on any atom is 0.322 e. The van der Waals surface area contributed by atoms with Crippen molar-refractivity contribution in [1.29, 1.82) is 0 Å². The summed E-state index contributed by atoms with van der Waals surface area (Å²) in [6, 6.07) is 6.78. The molecule has 2 aliphatic rings. The monoisotopic (exact) mass is 550 g/mol. The lowest BCUT2D eigenvalue weighted by Crippen LogP contribution is -2.74. The van der Waals surface area contributed by atoms with Crippen LogP contribution < -0.4 is 11.1 Å². The minimum absolute atomic E-state index is 0.00737. The average molecular weight is 551 g/mol. The van der Waals surface area contributed by atoms with Crippen LogP contribution in [0, 0.1) is 0 Å². The fourth-order valence-corrected chi connectivity index (χ4v) is 8.51. The Morgan fingerprint density at radius 2 is 2.17 bits per heavy atom. The third-order valence-electron chi connectivity index (χ3n) is 5.45. The molecule has 2 unspecified atom stereocenters. The van der Waals surface area contributed by atoms with Crippen molar-refractivity contribution in [3.05, 3.63) is 35.3 Å². The van der Waals surface area contributed by atoms with E-state index in [9.17, 15) is 19.5 Å². The highest BCUT2D eigenvalue weighted by Crippen LogP contribution is 2.47. The van der Waals surface area contributed by atoms with Gasteiger partial charge in [-0.15, -0.1) is 34.4 Å². The molecule has 2 aliphatic heterocycles. The fourth-order valence-electron chi connectivity index (χ4n) is 3.75. The SMILES string of the molecule is CON=C(C(=O)NC1C(=O)N2CC(Sc3nc4ccccc4s3)(C(=O)O)CS[C@H]12)c1csc(N)n1. The molecule has 35 heavy (non-hydrogen) atoms. The predicted molar refractivity (Wildman–Crippen MR) is 136 cm³/mol. The van der Waals surface area contributed by atoms with Crippen LogP contribution in [0.2, 0.25) is 0 Å². The van der Waals surface area contributed by atoms with Gasteiger partial charge in [0.2, 0.25) is 5.91 Å². The van der Waals surface area contributed by atoms with Crippen LogP contribution in [0.1, 0.15) is 5.69 Å². The van der Waals surface area contributed by atoms with Gasteiger partial charge in [-0.05, 0) is 12.1 Å². The number of rotatable bonds is 7. The lowest BCUT2D eigenvalue weighted by molar-refractivity contribution is -0.151. The van der Waals surface area contributed by atoms with Crippen LogP contribution in [0.4, 0.5) is 5.13 Å². The topological polar surface area (TPSA) is 160 Å². The van der Waals surface area contributed by atoms with Crippen LogP contribution in [-0.2, 0) is 19.2 Å². The van der Waals surface area contributed by atoms with Crippen LogP contribution in [0.15, 0.2) is 39.1 Å². The van der Waals surface area contributed by atoms with Crippen molar-refractivity contribution in [3.8, 4) is 0 Å². The first-order valence-electron chi connectivity index (χ1n) is 10.1. The molecule has 5 rings (SSSR count). The molecule has 2 amide bonds. The van der Waals surface area contributed by atoms with E-state index in [2.05, 4.69) is 20.4 Å². The van der Waals surface area contributed by atoms with Gasteiger partial charge in [0.25, 0.3) is 5.91 Å². The molecule has 0 spiro atoms. The van der Waals surface area contributed by atoms with E-state index in [1.807, 2.05) is 24.3 Å². The van der Waals surface area contributed by atoms with Crippen molar-refractivity contribution in [2.45, 2.75) is 20.5 Å². The van der Waals surface area contributed by atoms with E-state index >= 15 is 0 Å². The number of para-hydroxylation sites is 1. The second-order valence-electron chi connectivity index (χ2n) is 7.66. The summed E-state index contributed by atoms with van der Waals surface area (Å²) in [6.07, 6.45) is 0. The van der Waals surface area contributed by atoms with Crippen molar-refractivity contribution in [1.82, 2.24) is 20.2 Å². The fraction of sp³-hybridized carbons (Fsp3) is 0.300. The summed E-state index contributed by atoms with van der Waals surface area (Å²) in [5.74, 6) is -1.76. The Balaban J connectivity index is 1.30. The number of hydrogen-bond acceptors (Lipinski definition) is 12. The van der Waals surface area contributed by atoms with E-state index in [0.717, 1.165) is 33.3 Å². The number of nitrogens with two attached hydrogens (primary N) is 1. The van der Waals surface area contributed by atoms with Crippen molar-refractivity contribution < 1.29 is 24.3 Å². The first-order chi connectivity index (χ1) is 16.8. The molecular formula is C20H18N6O5S4. The second kappa shape index (κ2) is 9.29. The molecule has 1 aromatic carbocycles. The summed E-state index contributed by atoms with van der Waals surface area (Å²) in [5.41, 5.74) is 6.60. The molecule has 4 N–H and O–H groups in total. The zero-order chi connectivity index (χ0) is 24.7. The number of amides is 2. The van der Waals surface area contributed by atoms with Gasteiger partial charge in [0.1, 0.15) is 29.0 Å². The second-order valence-corrected chi connectivity index (χ2v) is 12.3. The maximum atomic E-state index is 12.9. The van der Waals surface area contributed by atoms with Gasteiger partial charge in [0, 0.05) is 17.7 Å². The number of thiazole rings is 2. The zero-order valence-electron chi connectivity index (χ0n) is 18.0. The summed E-state index contributed by atoms with van der Waals surface area (Å²) in [6.45, 7) is 0.00737. The highest BCUT2D eigenvalue weighted by atomic mass is 32.2. The Kier molecular flexibility index (Phi) is 6.33. The molecule has 2 fully saturated rings. The van der Waals surface area contributed by atoms with Gasteiger partial charge in [-0.25, -0.2) is 9.97 Å². The van der Waals surface area contributed by atoms with Crippen molar-refractivity contribution >= 4 is 85.0 Å². The minimum Gasteiger partial charge on any atom is -0.480 e. The quantitative estimate of drug-likeness (QED) is 0.224. The molecule has 3 atom stereocenters. The summed E-state index contributed by atoms with van der Waals surface area (Å²) >= 11 is 5.05. The number of carbonyl (C=O) groups excluding carboxylic acids is 2. The first kappa shape index (κ1) is 23.8. The van der Waals surface area contributed by atoms with E-state index in [-0.39, 0.29) is 40.1 Å². The number of nitrogens with one attached hydrogen (secondary N) is 1. The number of oxime groups is 1. The van der Waals surface area contributed by atoms with E-state index in [4.69, 9.17) is 10.6 Å². The van der Waals surface area contributed by atoms with Crippen LogP contribution in [0.3, 0.4) is 0 Å². The third-order valence-corrected chi connectivity index (χ3v) is 10.3. The molecule has 0 bridgehead atoms. The predicted octanol–water partition coefficient (Wildman–Crippen LogP) is 1.70. The first-order valence-corrected chi connectivity index (χ1v) is 13.7. The number of fused-ring (bicyclic) bond motifs is 2. The molecule has 182 valence electrons. The largest absolute Gasteiger partial charge is 0.480 e. The van der Waals surface area contributed by atoms with Crippen molar-refractivity contribution in [2.24, 2.45) is 5.16 Å². The number of aromatic nitrogens is 2. The summed E-state index contributed by atoms with van der Waals surface area (Å²) < 4.78 is 0.351. The van der Waals surface area contributed by atoms with Gasteiger partial charge in [0.15, 0.2) is 15.2 Å². The number of nitrogens with zero attached hydrogens (tertiary/aromatic N) is 4. The maximum absolute atomic E-state index is 12.9. The van der Waals surface area contributed by atoms with E-state index in [1.54, 1.807) is 5.38 Å². The molecule has 0 radical (unpaired) electrons. The smallest absolute Gasteiger partial charge is 0.322 e. The molecule has 15 heteroatoms. The molecule has 2 saturated heterocycles. The number of carboxylic acids is 1. The highest BCUT2D eigenvalue weighted by molar-refractivity contribution is 8.06. The Bertz CT molecular complexity index is 1330. The van der Waals surface area contributed by atoms with Gasteiger partial charge < -0.3 is 25.9 Å². The number of thioether (sulfide) groups is 2. The minimum atomic E-state index is -1.25. The van der Waals surface area contributed by atoms with Gasteiger partial charge in [-0.3, -0.25) is 14.4 Å². The van der Waals surface area contributed by atoms with Crippen LogP contribution in [0.25, 0.3) is 10.2 Å². The Morgan fingerprint density at radius 3 is 2.86 bits per heavy atom. The van der Waals surface area contributed by atoms with E-state index in [0.29, 0.717) is 4.34 Å². The molecular weight excluding hydrogens is 533 g/mol. The standard InChI is InChI=1S/C20H18N6O5S4/c1-31-25-12(10-6-32-18(21)22-10)14(27)24-13-15(28)26-7-20(17(29)30,8-33-16(13)26)35-19-23-9-4-2-3-5-11(9)34-19/h2-6,13,16H,7-8H2,1H3,(H2,21,22)(H,24,27)(H,29,30)/t13?,16-,20?/m1/s1. The van der Waals surface area contributed by atoms with E-state index in [1.165, 1.54) is 35.1 Å². The summed E-state index contributed by atoms with van der Waals surface area (Å²) in [4.78, 5) is 53.0. The number of anilines is 1.